The first kappa shape index (κ1) is 19.9. The van der Waals surface area contributed by atoms with E-state index in [0.29, 0.717) is 38.2 Å². The lowest BCUT2D eigenvalue weighted by molar-refractivity contribution is -0.134. The number of amides is 2. The number of hydrogen-bond acceptors (Lipinski definition) is 4. The maximum Gasteiger partial charge on any atom is 0.251 e. The first-order valence-electron chi connectivity index (χ1n) is 7.30. The Morgan fingerprint density at radius 1 is 1.30 bits per heavy atom. The summed E-state index contributed by atoms with van der Waals surface area (Å²) >= 11 is 3.33. The van der Waals surface area contributed by atoms with Crippen molar-refractivity contribution in [1.82, 2.24) is 16.0 Å². The number of nitrogens with one attached hydrogen (secondary N) is 3. The number of benzene rings is 1. The maximum atomic E-state index is 11.9. The van der Waals surface area contributed by atoms with E-state index in [9.17, 15) is 9.59 Å². The predicted molar refractivity (Wildman–Crippen MR) is 94.0 cm³/mol. The van der Waals surface area contributed by atoms with E-state index in [1.807, 2.05) is 12.1 Å². The third-order valence-corrected chi connectivity index (χ3v) is 3.74. The SMILES string of the molecule is Cl.O=C(NCCCNC(=O)C1CNCCO1)c1cccc(Br)c1. The van der Waals surface area contributed by atoms with Crippen LogP contribution in [0.25, 0.3) is 0 Å². The van der Waals surface area contributed by atoms with Gasteiger partial charge in [-0.3, -0.25) is 9.59 Å². The molecule has 23 heavy (non-hydrogen) atoms. The maximum absolute atomic E-state index is 11.9. The molecule has 1 unspecified atom stereocenters. The molecule has 0 saturated carbocycles. The molecule has 1 aromatic rings. The normalized spacial score (nSPS) is 17.0. The van der Waals surface area contributed by atoms with Gasteiger partial charge in [-0.25, -0.2) is 0 Å². The van der Waals surface area contributed by atoms with Crippen molar-refractivity contribution in [3.63, 3.8) is 0 Å². The Morgan fingerprint density at radius 2 is 2.09 bits per heavy atom. The molecule has 1 aliphatic heterocycles. The average molecular weight is 407 g/mol. The van der Waals surface area contributed by atoms with Gasteiger partial charge < -0.3 is 20.7 Å². The summed E-state index contributed by atoms with van der Waals surface area (Å²) in [6.45, 7) is 2.91. The summed E-state index contributed by atoms with van der Waals surface area (Å²) in [5.41, 5.74) is 0.611. The van der Waals surface area contributed by atoms with Gasteiger partial charge in [0.25, 0.3) is 5.91 Å². The summed E-state index contributed by atoms with van der Waals surface area (Å²) in [6, 6.07) is 7.21. The number of morpholine rings is 1. The van der Waals surface area contributed by atoms with Crippen LogP contribution < -0.4 is 16.0 Å². The summed E-state index contributed by atoms with van der Waals surface area (Å²) in [4.78, 5) is 23.7. The molecular weight excluding hydrogens is 386 g/mol. The number of ether oxygens (including phenoxy) is 1. The van der Waals surface area contributed by atoms with Gasteiger partial charge in [-0.05, 0) is 24.6 Å². The van der Waals surface area contributed by atoms with Crippen LogP contribution in [-0.4, -0.2) is 50.7 Å². The predicted octanol–water partition coefficient (Wildman–Crippen LogP) is 1.10. The molecule has 1 saturated heterocycles. The van der Waals surface area contributed by atoms with Crippen molar-refractivity contribution >= 4 is 40.2 Å². The second-order valence-electron chi connectivity index (χ2n) is 4.97. The molecule has 2 amide bonds. The molecule has 0 radical (unpaired) electrons. The van der Waals surface area contributed by atoms with Gasteiger partial charge in [-0.1, -0.05) is 22.0 Å². The molecule has 6 nitrogen and oxygen atoms in total. The first-order valence-corrected chi connectivity index (χ1v) is 8.10. The van der Waals surface area contributed by atoms with Gasteiger partial charge in [-0.2, -0.15) is 0 Å². The van der Waals surface area contributed by atoms with Crippen LogP contribution in [0.1, 0.15) is 16.8 Å². The highest BCUT2D eigenvalue weighted by molar-refractivity contribution is 9.10. The largest absolute Gasteiger partial charge is 0.366 e. The number of halogens is 2. The fourth-order valence-electron chi connectivity index (χ4n) is 2.08. The lowest BCUT2D eigenvalue weighted by Gasteiger charge is -2.22. The van der Waals surface area contributed by atoms with E-state index in [1.165, 1.54) is 0 Å². The molecule has 0 aliphatic carbocycles. The topological polar surface area (TPSA) is 79.5 Å². The molecule has 1 fully saturated rings. The van der Waals surface area contributed by atoms with Crippen LogP contribution in [0.3, 0.4) is 0 Å². The van der Waals surface area contributed by atoms with E-state index in [0.717, 1.165) is 11.0 Å². The number of carbonyl (C=O) groups is 2. The molecular formula is C15H21BrClN3O3. The van der Waals surface area contributed by atoms with Crippen molar-refractivity contribution in [2.24, 2.45) is 0 Å². The van der Waals surface area contributed by atoms with Crippen molar-refractivity contribution in [1.29, 1.82) is 0 Å². The molecule has 1 atom stereocenters. The molecule has 1 aliphatic rings. The smallest absolute Gasteiger partial charge is 0.251 e. The second-order valence-corrected chi connectivity index (χ2v) is 5.89. The quantitative estimate of drug-likeness (QED) is 0.618. The Kier molecular flexibility index (Phi) is 9.16. The molecule has 2 rings (SSSR count). The Balaban J connectivity index is 0.00000264. The zero-order valence-electron chi connectivity index (χ0n) is 12.6. The summed E-state index contributed by atoms with van der Waals surface area (Å²) in [6.07, 6.45) is 0.260. The Morgan fingerprint density at radius 3 is 2.78 bits per heavy atom. The molecule has 1 aromatic carbocycles. The molecule has 3 N–H and O–H groups in total. The van der Waals surface area contributed by atoms with Crippen molar-refractivity contribution in [3.8, 4) is 0 Å². The molecule has 0 bridgehead atoms. The third-order valence-electron chi connectivity index (χ3n) is 3.25. The zero-order chi connectivity index (χ0) is 15.8. The van der Waals surface area contributed by atoms with E-state index in [4.69, 9.17) is 4.74 Å². The molecule has 1 heterocycles. The molecule has 0 aromatic heterocycles. The van der Waals surface area contributed by atoms with E-state index in [2.05, 4.69) is 31.9 Å². The molecule has 128 valence electrons. The fourth-order valence-corrected chi connectivity index (χ4v) is 2.48. The number of carbonyl (C=O) groups excluding carboxylic acids is 2. The van der Waals surface area contributed by atoms with Gasteiger partial charge in [-0.15, -0.1) is 12.4 Å². The van der Waals surface area contributed by atoms with Crippen LogP contribution in [0.15, 0.2) is 28.7 Å². The summed E-state index contributed by atoms with van der Waals surface area (Å²) in [5.74, 6) is -0.224. The van der Waals surface area contributed by atoms with Gasteiger partial charge in [0.2, 0.25) is 5.91 Å². The Labute approximate surface area is 150 Å². The Bertz CT molecular complexity index is 524. The minimum Gasteiger partial charge on any atom is -0.366 e. The monoisotopic (exact) mass is 405 g/mol. The lowest BCUT2D eigenvalue weighted by Crippen LogP contribution is -2.48. The van der Waals surface area contributed by atoms with Crippen molar-refractivity contribution in [2.75, 3.05) is 32.8 Å². The van der Waals surface area contributed by atoms with Gasteiger partial charge >= 0.3 is 0 Å². The Hall–Kier alpha value is -1.15. The second kappa shape index (κ2) is 10.6. The number of hydrogen-bond donors (Lipinski definition) is 3. The van der Waals surface area contributed by atoms with Gasteiger partial charge in [0.15, 0.2) is 0 Å². The fraction of sp³-hybridized carbons (Fsp3) is 0.467. The summed E-state index contributed by atoms with van der Waals surface area (Å²) in [7, 11) is 0. The summed E-state index contributed by atoms with van der Waals surface area (Å²) < 4.78 is 6.22. The van der Waals surface area contributed by atoms with Crippen LogP contribution in [0.4, 0.5) is 0 Å². The minimum atomic E-state index is -0.412. The van der Waals surface area contributed by atoms with Crippen LogP contribution in [0.5, 0.6) is 0 Å². The highest BCUT2D eigenvalue weighted by atomic mass is 79.9. The van der Waals surface area contributed by atoms with Gasteiger partial charge in [0.05, 0.1) is 6.61 Å². The third kappa shape index (κ3) is 6.87. The van der Waals surface area contributed by atoms with Crippen LogP contribution in [0.2, 0.25) is 0 Å². The van der Waals surface area contributed by atoms with E-state index < -0.39 is 6.10 Å². The van der Waals surface area contributed by atoms with E-state index >= 15 is 0 Å². The highest BCUT2D eigenvalue weighted by Gasteiger charge is 2.20. The zero-order valence-corrected chi connectivity index (χ0v) is 15.0. The first-order chi connectivity index (χ1) is 10.7. The van der Waals surface area contributed by atoms with E-state index in [1.54, 1.807) is 12.1 Å². The number of rotatable bonds is 6. The van der Waals surface area contributed by atoms with Gasteiger partial charge in [0.1, 0.15) is 6.10 Å². The van der Waals surface area contributed by atoms with E-state index in [-0.39, 0.29) is 24.2 Å². The standard InChI is InChI=1S/C15H20BrN3O3.ClH/c16-12-4-1-3-11(9-12)14(20)18-5-2-6-19-15(21)13-10-17-7-8-22-13;/h1,3-4,9,13,17H,2,5-8,10H2,(H,18,20)(H,19,21);1H. The van der Waals surface area contributed by atoms with Crippen LogP contribution in [-0.2, 0) is 9.53 Å². The molecule has 8 heteroatoms. The van der Waals surface area contributed by atoms with Crippen LogP contribution in [0, 0.1) is 0 Å². The van der Waals surface area contributed by atoms with Crippen molar-refractivity contribution in [3.05, 3.63) is 34.3 Å². The highest BCUT2D eigenvalue weighted by Crippen LogP contribution is 2.11. The summed E-state index contributed by atoms with van der Waals surface area (Å²) in [5, 5.41) is 8.75. The molecule has 0 spiro atoms. The van der Waals surface area contributed by atoms with Crippen molar-refractivity contribution < 1.29 is 14.3 Å². The lowest BCUT2D eigenvalue weighted by atomic mass is 10.2. The van der Waals surface area contributed by atoms with Gasteiger partial charge in [0, 0.05) is 36.2 Å². The van der Waals surface area contributed by atoms with Crippen LogP contribution >= 0.6 is 28.3 Å². The minimum absolute atomic E-state index is 0. The average Bonchev–Trinajstić information content (AvgIpc) is 2.55. The van der Waals surface area contributed by atoms with Crippen molar-refractivity contribution in [2.45, 2.75) is 12.5 Å².